The van der Waals surface area contributed by atoms with E-state index in [-0.39, 0.29) is 12.1 Å². The summed E-state index contributed by atoms with van der Waals surface area (Å²) >= 11 is 0. The number of hydrogen-bond acceptors (Lipinski definition) is 4. The average Bonchev–Trinajstić information content (AvgIpc) is 2.52. The number of halogens is 3. The van der Waals surface area contributed by atoms with Crippen molar-refractivity contribution in [3.63, 3.8) is 0 Å². The van der Waals surface area contributed by atoms with E-state index in [1.165, 1.54) is 23.2 Å². The normalized spacial score (nSPS) is 18.6. The van der Waals surface area contributed by atoms with Gasteiger partial charge in [-0.2, -0.15) is 13.2 Å². The van der Waals surface area contributed by atoms with Crippen LogP contribution in [0.25, 0.3) is 0 Å². The summed E-state index contributed by atoms with van der Waals surface area (Å²) in [5, 5.41) is 9.04. The Morgan fingerprint density at radius 1 is 1.43 bits per heavy atom. The Hall–Kier alpha value is -2.32. The van der Waals surface area contributed by atoms with E-state index in [0.29, 0.717) is 19.4 Å². The fraction of sp³-hybridized carbons (Fsp3) is 0.500. The highest BCUT2D eigenvalue weighted by atomic mass is 19.4. The molecule has 9 heteroatoms. The largest absolute Gasteiger partial charge is 0.481 e. The van der Waals surface area contributed by atoms with Crippen LogP contribution in [-0.2, 0) is 4.79 Å². The number of likely N-dealkylation sites (tertiary alicyclic amines) is 1. The third kappa shape index (κ3) is 4.57. The van der Waals surface area contributed by atoms with Gasteiger partial charge < -0.3 is 14.7 Å². The Morgan fingerprint density at radius 2 is 2.17 bits per heavy atom. The maximum atomic E-state index is 12.4. The first kappa shape index (κ1) is 17.0. The van der Waals surface area contributed by atoms with Crippen LogP contribution in [0.4, 0.5) is 13.2 Å². The van der Waals surface area contributed by atoms with Crippen molar-refractivity contribution in [2.75, 3.05) is 19.7 Å². The minimum Gasteiger partial charge on any atom is -0.481 e. The fourth-order valence-corrected chi connectivity index (χ4v) is 2.35. The van der Waals surface area contributed by atoms with Crippen molar-refractivity contribution < 1.29 is 32.6 Å². The van der Waals surface area contributed by atoms with Crippen LogP contribution in [0.2, 0.25) is 0 Å². The van der Waals surface area contributed by atoms with Crippen molar-refractivity contribution in [2.24, 2.45) is 5.92 Å². The highest BCUT2D eigenvalue weighted by molar-refractivity contribution is 5.96. The Labute approximate surface area is 129 Å². The van der Waals surface area contributed by atoms with E-state index in [4.69, 9.17) is 5.11 Å². The molecular formula is C14H15F3N2O4. The molecule has 1 aromatic heterocycles. The van der Waals surface area contributed by atoms with Gasteiger partial charge in [0.2, 0.25) is 5.88 Å². The quantitative estimate of drug-likeness (QED) is 0.912. The van der Waals surface area contributed by atoms with E-state index >= 15 is 0 Å². The lowest BCUT2D eigenvalue weighted by molar-refractivity contribution is -0.154. The minimum atomic E-state index is -4.54. The summed E-state index contributed by atoms with van der Waals surface area (Å²) in [6.45, 7) is -1.19. The number of ether oxygens (including phenoxy) is 1. The molecule has 0 radical (unpaired) electrons. The number of carbonyl (C=O) groups is 2. The number of aromatic nitrogens is 1. The molecule has 0 spiro atoms. The van der Waals surface area contributed by atoms with Crippen molar-refractivity contribution in [1.29, 1.82) is 0 Å². The number of carbonyl (C=O) groups excluding carboxylic acids is 1. The van der Waals surface area contributed by atoms with Crippen LogP contribution in [0.5, 0.6) is 5.88 Å². The average molecular weight is 332 g/mol. The number of nitrogens with zero attached hydrogens (tertiary/aromatic N) is 2. The van der Waals surface area contributed by atoms with E-state index in [0.717, 1.165) is 0 Å². The van der Waals surface area contributed by atoms with Gasteiger partial charge in [-0.3, -0.25) is 9.59 Å². The second kappa shape index (κ2) is 6.84. The molecule has 1 aliphatic rings. The number of aliphatic carboxylic acids is 1. The Morgan fingerprint density at radius 3 is 2.83 bits per heavy atom. The van der Waals surface area contributed by atoms with Crippen LogP contribution < -0.4 is 4.74 Å². The maximum absolute atomic E-state index is 12.4. The lowest BCUT2D eigenvalue weighted by Crippen LogP contribution is -2.42. The van der Waals surface area contributed by atoms with E-state index in [2.05, 4.69) is 9.72 Å². The van der Waals surface area contributed by atoms with E-state index in [1.54, 1.807) is 0 Å². The summed E-state index contributed by atoms with van der Waals surface area (Å²) in [5.41, 5.74) is -0.109. The zero-order chi connectivity index (χ0) is 17.0. The van der Waals surface area contributed by atoms with Gasteiger partial charge in [-0.05, 0) is 25.0 Å². The third-order valence-corrected chi connectivity index (χ3v) is 3.43. The molecule has 126 valence electrons. The van der Waals surface area contributed by atoms with Crippen LogP contribution in [0.1, 0.15) is 23.2 Å². The molecule has 1 aliphatic heterocycles. The lowest BCUT2D eigenvalue weighted by Gasteiger charge is -2.31. The summed E-state index contributed by atoms with van der Waals surface area (Å²) in [4.78, 5) is 28.5. The van der Waals surface area contributed by atoms with Gasteiger partial charge in [-0.25, -0.2) is 4.98 Å². The van der Waals surface area contributed by atoms with Crippen molar-refractivity contribution in [1.82, 2.24) is 9.88 Å². The van der Waals surface area contributed by atoms with Gasteiger partial charge in [0.15, 0.2) is 6.61 Å². The molecule has 2 rings (SSSR count). The van der Waals surface area contributed by atoms with Gasteiger partial charge in [0, 0.05) is 19.3 Å². The molecule has 1 amide bonds. The molecule has 23 heavy (non-hydrogen) atoms. The summed E-state index contributed by atoms with van der Waals surface area (Å²) in [7, 11) is 0. The predicted molar refractivity (Wildman–Crippen MR) is 72.1 cm³/mol. The molecular weight excluding hydrogens is 317 g/mol. The molecule has 1 fully saturated rings. The predicted octanol–water partition coefficient (Wildman–Crippen LogP) is 1.96. The Balaban J connectivity index is 2.14. The number of hydrogen-bond donors (Lipinski definition) is 1. The van der Waals surface area contributed by atoms with Crippen molar-refractivity contribution in [3.05, 3.63) is 23.9 Å². The standard InChI is InChI=1S/C14H15F3N2O4/c15-14(16,17)8-23-11-10(4-1-5-18-11)12(20)19-6-2-3-9(7-19)13(21)22/h1,4-5,9H,2-3,6-8H2,(H,21,22)/t9-/m0/s1. The molecule has 0 unspecified atom stereocenters. The van der Waals surface area contributed by atoms with E-state index < -0.39 is 36.5 Å². The maximum Gasteiger partial charge on any atom is 0.422 e. The number of rotatable bonds is 4. The van der Waals surface area contributed by atoms with Crippen LogP contribution in [-0.4, -0.2) is 52.7 Å². The van der Waals surface area contributed by atoms with E-state index in [1.807, 2.05) is 0 Å². The molecule has 0 aromatic carbocycles. The molecule has 0 bridgehead atoms. The van der Waals surface area contributed by atoms with Gasteiger partial charge in [-0.15, -0.1) is 0 Å². The van der Waals surface area contributed by atoms with Crippen LogP contribution >= 0.6 is 0 Å². The van der Waals surface area contributed by atoms with Crippen molar-refractivity contribution in [2.45, 2.75) is 19.0 Å². The third-order valence-electron chi connectivity index (χ3n) is 3.43. The first-order valence-electron chi connectivity index (χ1n) is 6.94. The summed E-state index contributed by atoms with van der Waals surface area (Å²) in [6.07, 6.45) is -2.35. The van der Waals surface area contributed by atoms with Gasteiger partial charge in [0.25, 0.3) is 5.91 Å². The van der Waals surface area contributed by atoms with Crippen LogP contribution in [0.3, 0.4) is 0 Å². The van der Waals surface area contributed by atoms with Gasteiger partial charge >= 0.3 is 12.1 Å². The summed E-state index contributed by atoms with van der Waals surface area (Å²) < 4.78 is 41.4. The van der Waals surface area contributed by atoms with Crippen molar-refractivity contribution in [3.8, 4) is 5.88 Å². The lowest BCUT2D eigenvalue weighted by atomic mass is 9.98. The summed E-state index contributed by atoms with van der Waals surface area (Å²) in [6, 6.07) is 2.72. The molecule has 2 heterocycles. The Kier molecular flexibility index (Phi) is 5.07. The first-order chi connectivity index (χ1) is 10.8. The molecule has 1 aromatic rings. The highest BCUT2D eigenvalue weighted by Crippen LogP contribution is 2.24. The SMILES string of the molecule is O=C(O)[C@H]1CCCN(C(=O)c2cccnc2OCC(F)(F)F)C1. The molecule has 1 N–H and O–H groups in total. The number of piperidine rings is 1. The zero-order valence-electron chi connectivity index (χ0n) is 12.0. The number of pyridine rings is 1. The first-order valence-corrected chi connectivity index (χ1v) is 6.94. The molecule has 1 saturated heterocycles. The topological polar surface area (TPSA) is 79.7 Å². The van der Waals surface area contributed by atoms with Gasteiger partial charge in [0.05, 0.1) is 5.92 Å². The highest BCUT2D eigenvalue weighted by Gasteiger charge is 2.32. The summed E-state index contributed by atoms with van der Waals surface area (Å²) in [5.74, 6) is -2.67. The molecule has 1 atom stereocenters. The monoisotopic (exact) mass is 332 g/mol. The van der Waals surface area contributed by atoms with Crippen LogP contribution in [0, 0.1) is 5.92 Å². The second-order valence-corrected chi connectivity index (χ2v) is 5.19. The number of alkyl halides is 3. The van der Waals surface area contributed by atoms with Gasteiger partial charge in [0.1, 0.15) is 5.56 Å². The van der Waals surface area contributed by atoms with Crippen molar-refractivity contribution >= 4 is 11.9 Å². The Bertz CT molecular complexity index is 592. The second-order valence-electron chi connectivity index (χ2n) is 5.19. The van der Waals surface area contributed by atoms with E-state index in [9.17, 15) is 22.8 Å². The number of carboxylic acids is 1. The zero-order valence-corrected chi connectivity index (χ0v) is 12.0. The fourth-order valence-electron chi connectivity index (χ4n) is 2.35. The molecule has 0 saturated carbocycles. The molecule has 6 nitrogen and oxygen atoms in total. The van der Waals surface area contributed by atoms with Gasteiger partial charge in [-0.1, -0.05) is 0 Å². The van der Waals surface area contributed by atoms with Crippen LogP contribution in [0.15, 0.2) is 18.3 Å². The molecule has 0 aliphatic carbocycles. The minimum absolute atomic E-state index is 0.0156. The number of amides is 1. The smallest absolute Gasteiger partial charge is 0.422 e. The number of carboxylic acid groups (broad SMARTS) is 1.